The van der Waals surface area contributed by atoms with Crippen LogP contribution in [-0.4, -0.2) is 39.9 Å². The number of hydrogen-bond donors (Lipinski definition) is 3. The van der Waals surface area contributed by atoms with Gasteiger partial charge in [0.25, 0.3) is 0 Å². The zero-order valence-electron chi connectivity index (χ0n) is 18.3. The number of nitrogens with two attached hydrogens (primary N) is 2. The molecule has 1 fully saturated rings. The number of likely N-dealkylation sites (N-methyl/N-ethyl adjacent to an activating group) is 1. The molecule has 1 saturated carbocycles. The average Bonchev–Trinajstić information content (AvgIpc) is 3.19. The molecule has 1 aliphatic rings. The molecule has 0 radical (unpaired) electrons. The van der Waals surface area contributed by atoms with Crippen LogP contribution < -0.4 is 21.6 Å². The molecule has 2 aromatic heterocycles. The summed E-state index contributed by atoms with van der Waals surface area (Å²) in [5, 5.41) is 12.6. The van der Waals surface area contributed by atoms with Gasteiger partial charge in [-0.15, -0.1) is 5.10 Å². The van der Waals surface area contributed by atoms with E-state index in [1.807, 2.05) is 32.9 Å². The third-order valence-electron chi connectivity index (χ3n) is 5.24. The predicted molar refractivity (Wildman–Crippen MR) is 116 cm³/mol. The van der Waals surface area contributed by atoms with Gasteiger partial charge in [0.2, 0.25) is 5.89 Å². The monoisotopic (exact) mass is 415 g/mol. The highest BCUT2D eigenvalue weighted by atomic mass is 16.5. The maximum Gasteiger partial charge on any atom is 0.315 e. The second-order valence-electron chi connectivity index (χ2n) is 8.08. The van der Waals surface area contributed by atoms with Crippen LogP contribution in [0.1, 0.15) is 69.1 Å². The zero-order valence-corrected chi connectivity index (χ0v) is 18.3. The van der Waals surface area contributed by atoms with Crippen LogP contribution >= 0.6 is 0 Å². The molecule has 2 heterocycles. The van der Waals surface area contributed by atoms with Gasteiger partial charge >= 0.3 is 6.01 Å². The van der Waals surface area contributed by atoms with Crippen molar-refractivity contribution in [1.29, 1.82) is 0 Å². The van der Waals surface area contributed by atoms with Crippen LogP contribution in [0.2, 0.25) is 0 Å². The van der Waals surface area contributed by atoms with Crippen molar-refractivity contribution in [2.75, 3.05) is 18.9 Å². The molecule has 0 saturated heterocycles. The Balaban J connectivity index is 1.73. The minimum Gasteiger partial charge on any atom is -0.489 e. The van der Waals surface area contributed by atoms with E-state index in [0.29, 0.717) is 35.5 Å². The number of ether oxygens (including phenoxy) is 1. The number of nitrogens with zero attached hydrogens (tertiary/aromatic N) is 4. The van der Waals surface area contributed by atoms with Crippen molar-refractivity contribution < 1.29 is 9.15 Å². The lowest BCUT2D eigenvalue weighted by Crippen LogP contribution is -2.32. The van der Waals surface area contributed by atoms with Crippen LogP contribution in [0.4, 0.5) is 6.01 Å². The SMILES string of the molecule is Cc1nc(/C(N)=C(\CNc2nnc(C(C)C)o2)N(C)N)ccc1OC1CCCCC1. The van der Waals surface area contributed by atoms with Gasteiger partial charge in [0.15, 0.2) is 0 Å². The van der Waals surface area contributed by atoms with Crippen LogP contribution in [0.5, 0.6) is 5.75 Å². The first-order valence-corrected chi connectivity index (χ1v) is 10.5. The molecule has 0 aromatic carbocycles. The van der Waals surface area contributed by atoms with E-state index in [1.165, 1.54) is 24.3 Å². The van der Waals surface area contributed by atoms with Crippen molar-refractivity contribution in [1.82, 2.24) is 20.2 Å². The minimum absolute atomic E-state index is 0.159. The highest BCUT2D eigenvalue weighted by Crippen LogP contribution is 2.26. The Labute approximate surface area is 177 Å². The molecular weight excluding hydrogens is 382 g/mol. The Bertz CT molecular complexity index is 870. The van der Waals surface area contributed by atoms with Crippen LogP contribution in [0.15, 0.2) is 22.2 Å². The van der Waals surface area contributed by atoms with Crippen LogP contribution in [0, 0.1) is 6.92 Å². The van der Waals surface area contributed by atoms with E-state index in [9.17, 15) is 0 Å². The smallest absolute Gasteiger partial charge is 0.315 e. The maximum atomic E-state index is 6.41. The first-order chi connectivity index (χ1) is 14.3. The van der Waals surface area contributed by atoms with Crippen molar-refractivity contribution in [3.8, 4) is 5.75 Å². The Hall–Kier alpha value is -2.81. The number of pyridine rings is 1. The van der Waals surface area contributed by atoms with E-state index in [2.05, 4.69) is 20.5 Å². The number of hydrogen-bond acceptors (Lipinski definition) is 9. The average molecular weight is 416 g/mol. The molecule has 0 aliphatic heterocycles. The summed E-state index contributed by atoms with van der Waals surface area (Å²) in [6.07, 6.45) is 6.23. The molecular formula is C21H33N7O2. The number of nitrogens with one attached hydrogen (secondary N) is 1. The second kappa shape index (κ2) is 9.80. The largest absolute Gasteiger partial charge is 0.489 e. The van der Waals surface area contributed by atoms with Crippen molar-refractivity contribution in [3.63, 3.8) is 0 Å². The zero-order chi connectivity index (χ0) is 21.7. The van der Waals surface area contributed by atoms with Gasteiger partial charge in [-0.25, -0.2) is 10.8 Å². The Morgan fingerprint density at radius 3 is 2.60 bits per heavy atom. The van der Waals surface area contributed by atoms with E-state index >= 15 is 0 Å². The molecule has 9 heteroatoms. The first-order valence-electron chi connectivity index (χ1n) is 10.5. The molecule has 0 amide bonds. The van der Waals surface area contributed by atoms with E-state index in [-0.39, 0.29) is 12.0 Å². The summed E-state index contributed by atoms with van der Waals surface area (Å²) in [6.45, 7) is 6.23. The number of anilines is 1. The van der Waals surface area contributed by atoms with E-state index in [4.69, 9.17) is 20.7 Å². The number of rotatable bonds is 8. The van der Waals surface area contributed by atoms with Crippen molar-refractivity contribution >= 4 is 11.7 Å². The molecule has 2 aromatic rings. The van der Waals surface area contributed by atoms with Crippen molar-refractivity contribution in [2.24, 2.45) is 11.6 Å². The summed E-state index contributed by atoms with van der Waals surface area (Å²) in [7, 11) is 1.73. The molecule has 0 unspecified atom stereocenters. The Kier molecular flexibility index (Phi) is 7.15. The van der Waals surface area contributed by atoms with Gasteiger partial charge in [-0.05, 0) is 44.7 Å². The quantitative estimate of drug-likeness (QED) is 0.440. The van der Waals surface area contributed by atoms with Crippen LogP contribution in [0.25, 0.3) is 5.70 Å². The summed E-state index contributed by atoms with van der Waals surface area (Å²) < 4.78 is 11.7. The minimum atomic E-state index is 0.159. The molecule has 3 rings (SSSR count). The molecule has 9 nitrogen and oxygen atoms in total. The molecule has 0 atom stereocenters. The van der Waals surface area contributed by atoms with Crippen LogP contribution in [0.3, 0.4) is 0 Å². The van der Waals surface area contributed by atoms with Crippen molar-refractivity contribution in [3.05, 3.63) is 35.1 Å². The van der Waals surface area contributed by atoms with Gasteiger partial charge in [0.05, 0.1) is 35.4 Å². The highest BCUT2D eigenvalue weighted by Gasteiger charge is 2.18. The lowest BCUT2D eigenvalue weighted by molar-refractivity contribution is 0.153. The normalized spacial score (nSPS) is 15.8. The van der Waals surface area contributed by atoms with E-state index < -0.39 is 0 Å². The summed E-state index contributed by atoms with van der Waals surface area (Å²) in [5.74, 6) is 7.56. The second-order valence-corrected chi connectivity index (χ2v) is 8.08. The molecule has 5 N–H and O–H groups in total. The van der Waals surface area contributed by atoms with Gasteiger partial charge in [-0.3, -0.25) is 0 Å². The fourth-order valence-electron chi connectivity index (χ4n) is 3.44. The molecule has 0 spiro atoms. The lowest BCUT2D eigenvalue weighted by atomic mass is 9.98. The third kappa shape index (κ3) is 5.41. The van der Waals surface area contributed by atoms with E-state index in [1.54, 1.807) is 7.05 Å². The fraction of sp³-hybridized carbons (Fsp3) is 0.571. The van der Waals surface area contributed by atoms with E-state index in [0.717, 1.165) is 24.3 Å². The summed E-state index contributed by atoms with van der Waals surface area (Å²) in [5.41, 5.74) is 9.00. The third-order valence-corrected chi connectivity index (χ3v) is 5.24. The van der Waals surface area contributed by atoms with Gasteiger partial charge in [-0.2, -0.15) is 0 Å². The van der Waals surface area contributed by atoms with Gasteiger partial charge in [0, 0.05) is 13.0 Å². The predicted octanol–water partition coefficient (Wildman–Crippen LogP) is 3.15. The number of hydrazine groups is 1. The number of aryl methyl sites for hydroxylation is 1. The van der Waals surface area contributed by atoms with Gasteiger partial charge in [0.1, 0.15) is 5.75 Å². The molecule has 1 aliphatic carbocycles. The standard InChI is InChI=1S/C21H33N7O2/c1-13(2)20-26-27-21(30-20)24-12-17(28(4)23)19(22)16-10-11-18(14(3)25-16)29-15-8-6-5-7-9-15/h10-11,13,15H,5-9,12,22-23H2,1-4H3,(H,24,27)/b19-17-. The first kappa shape index (κ1) is 21.9. The highest BCUT2D eigenvalue weighted by molar-refractivity contribution is 5.64. The van der Waals surface area contributed by atoms with Crippen molar-refractivity contribution in [2.45, 2.75) is 64.9 Å². The van der Waals surface area contributed by atoms with Gasteiger partial charge < -0.3 is 25.2 Å². The summed E-state index contributed by atoms with van der Waals surface area (Å²) in [6, 6.07) is 4.13. The fourth-order valence-corrected chi connectivity index (χ4v) is 3.44. The van der Waals surface area contributed by atoms with Crippen LogP contribution in [-0.2, 0) is 0 Å². The molecule has 30 heavy (non-hydrogen) atoms. The Morgan fingerprint density at radius 1 is 1.27 bits per heavy atom. The van der Waals surface area contributed by atoms with Gasteiger partial charge in [-0.1, -0.05) is 25.4 Å². The lowest BCUT2D eigenvalue weighted by Gasteiger charge is -2.24. The molecule has 164 valence electrons. The topological polar surface area (TPSA) is 128 Å². The Morgan fingerprint density at radius 2 is 2.00 bits per heavy atom. The number of aromatic nitrogens is 3. The maximum absolute atomic E-state index is 6.41. The molecule has 0 bridgehead atoms. The summed E-state index contributed by atoms with van der Waals surface area (Å²) in [4.78, 5) is 4.65. The summed E-state index contributed by atoms with van der Waals surface area (Å²) >= 11 is 0.